The first-order chi connectivity index (χ1) is 8.72. The van der Waals surface area contributed by atoms with Crippen LogP contribution in [0.25, 0.3) is 0 Å². The number of hydrogen-bond acceptors (Lipinski definition) is 2. The Hall–Kier alpha value is -0.750. The lowest BCUT2D eigenvalue weighted by molar-refractivity contribution is -0.137. The van der Waals surface area contributed by atoms with Crippen LogP contribution in [0.15, 0.2) is 22.7 Å². The van der Waals surface area contributed by atoms with Crippen LogP contribution in [0.1, 0.15) is 32.3 Å². The normalized spacial score (nSPS) is 12.6. The van der Waals surface area contributed by atoms with Gasteiger partial charge in [0, 0.05) is 22.2 Å². The third-order valence-electron chi connectivity index (χ3n) is 3.33. The molecule has 1 aromatic carbocycles. The molecule has 0 fully saturated rings. The van der Waals surface area contributed by atoms with E-state index in [0.29, 0.717) is 23.9 Å². The van der Waals surface area contributed by atoms with Gasteiger partial charge in [0.1, 0.15) is 0 Å². The van der Waals surface area contributed by atoms with Crippen LogP contribution in [-0.4, -0.2) is 12.1 Å². The maximum Gasteiger partial charge on any atom is 0.418 e. The van der Waals surface area contributed by atoms with Crippen LogP contribution in [0.5, 0.6) is 0 Å². The summed E-state index contributed by atoms with van der Waals surface area (Å²) in [5.41, 5.74) is 4.97. The van der Waals surface area contributed by atoms with Crippen LogP contribution in [0.3, 0.4) is 0 Å². The molecule has 0 aliphatic heterocycles. The van der Waals surface area contributed by atoms with Crippen molar-refractivity contribution in [1.29, 1.82) is 0 Å². The lowest BCUT2D eigenvalue weighted by Gasteiger charge is -2.28. The second-order valence-electron chi connectivity index (χ2n) is 4.61. The number of hydrogen-bond donors (Lipinski definition) is 2. The Bertz CT molecular complexity index is 428. The minimum atomic E-state index is -4.38. The summed E-state index contributed by atoms with van der Waals surface area (Å²) in [7, 11) is 0. The fourth-order valence-electron chi connectivity index (χ4n) is 1.68. The first-order valence-corrected chi connectivity index (χ1v) is 6.90. The van der Waals surface area contributed by atoms with Gasteiger partial charge in [-0.05, 0) is 31.0 Å². The van der Waals surface area contributed by atoms with Gasteiger partial charge in [0.15, 0.2) is 0 Å². The smallest absolute Gasteiger partial charge is 0.383 e. The monoisotopic (exact) mass is 338 g/mol. The molecule has 19 heavy (non-hydrogen) atoms. The molecular formula is C13H18BrF3N2. The van der Waals surface area contributed by atoms with E-state index < -0.39 is 17.3 Å². The van der Waals surface area contributed by atoms with E-state index in [9.17, 15) is 13.2 Å². The fraction of sp³-hybridized carbons (Fsp3) is 0.538. The zero-order valence-corrected chi connectivity index (χ0v) is 12.5. The maximum absolute atomic E-state index is 12.9. The van der Waals surface area contributed by atoms with E-state index >= 15 is 0 Å². The van der Waals surface area contributed by atoms with E-state index in [1.54, 1.807) is 0 Å². The van der Waals surface area contributed by atoms with Crippen molar-refractivity contribution in [1.82, 2.24) is 0 Å². The van der Waals surface area contributed by atoms with Crippen LogP contribution < -0.4 is 11.1 Å². The molecule has 0 bridgehead atoms. The van der Waals surface area contributed by atoms with Gasteiger partial charge in [0.05, 0.1) is 5.56 Å². The number of rotatable bonds is 5. The van der Waals surface area contributed by atoms with Gasteiger partial charge in [0.25, 0.3) is 0 Å². The number of alkyl halides is 3. The molecule has 0 unspecified atom stereocenters. The molecular weight excluding hydrogens is 321 g/mol. The molecule has 0 aliphatic carbocycles. The topological polar surface area (TPSA) is 38.0 Å². The lowest BCUT2D eigenvalue weighted by atomic mass is 9.94. The van der Waals surface area contributed by atoms with Crippen molar-refractivity contribution < 1.29 is 13.2 Å². The van der Waals surface area contributed by atoms with Crippen molar-refractivity contribution in [3.8, 4) is 0 Å². The molecule has 1 aromatic rings. The number of nitrogens with one attached hydrogen (secondary N) is 1. The predicted molar refractivity (Wildman–Crippen MR) is 75.1 cm³/mol. The number of benzene rings is 1. The molecule has 0 saturated carbocycles. The molecule has 108 valence electrons. The largest absolute Gasteiger partial charge is 0.418 e. The van der Waals surface area contributed by atoms with Gasteiger partial charge in [-0.25, -0.2) is 0 Å². The second kappa shape index (κ2) is 6.13. The Balaban J connectivity index is 2.97. The van der Waals surface area contributed by atoms with Crippen molar-refractivity contribution in [3.05, 3.63) is 28.2 Å². The Kier molecular flexibility index (Phi) is 5.26. The molecule has 0 aromatic heterocycles. The molecule has 1 rings (SSSR count). The van der Waals surface area contributed by atoms with Crippen molar-refractivity contribution in [2.45, 2.75) is 38.4 Å². The highest BCUT2D eigenvalue weighted by Crippen LogP contribution is 2.36. The molecule has 0 atom stereocenters. The summed E-state index contributed by atoms with van der Waals surface area (Å²) in [6.45, 7) is 4.16. The lowest BCUT2D eigenvalue weighted by Crippen LogP contribution is -2.45. The highest BCUT2D eigenvalue weighted by molar-refractivity contribution is 9.10. The molecule has 0 radical (unpaired) electrons. The fourth-order valence-corrected chi connectivity index (χ4v) is 2.04. The molecule has 2 nitrogen and oxygen atoms in total. The van der Waals surface area contributed by atoms with Crippen LogP contribution >= 0.6 is 15.9 Å². The zero-order valence-electron chi connectivity index (χ0n) is 10.9. The Morgan fingerprint density at radius 2 is 1.79 bits per heavy atom. The summed E-state index contributed by atoms with van der Waals surface area (Å²) >= 11 is 3.18. The van der Waals surface area contributed by atoms with Crippen molar-refractivity contribution in [2.24, 2.45) is 5.73 Å². The number of halogens is 4. The molecule has 0 saturated heterocycles. The second-order valence-corrected chi connectivity index (χ2v) is 5.53. The Morgan fingerprint density at radius 1 is 1.21 bits per heavy atom. The van der Waals surface area contributed by atoms with Gasteiger partial charge >= 0.3 is 6.18 Å². The van der Waals surface area contributed by atoms with Crippen LogP contribution in [0.2, 0.25) is 0 Å². The van der Waals surface area contributed by atoms with Crippen LogP contribution in [0.4, 0.5) is 18.9 Å². The van der Waals surface area contributed by atoms with Gasteiger partial charge in [-0.2, -0.15) is 13.2 Å². The van der Waals surface area contributed by atoms with Crippen molar-refractivity contribution >= 4 is 21.6 Å². The van der Waals surface area contributed by atoms with E-state index in [4.69, 9.17) is 5.73 Å². The number of nitrogens with two attached hydrogens (primary N) is 1. The van der Waals surface area contributed by atoms with Gasteiger partial charge in [-0.15, -0.1) is 0 Å². The molecule has 0 aliphatic rings. The first-order valence-electron chi connectivity index (χ1n) is 6.11. The summed E-state index contributed by atoms with van der Waals surface area (Å²) in [6.07, 6.45) is -2.98. The van der Waals surface area contributed by atoms with Gasteiger partial charge in [-0.1, -0.05) is 29.8 Å². The Morgan fingerprint density at radius 3 is 2.26 bits per heavy atom. The van der Waals surface area contributed by atoms with Gasteiger partial charge < -0.3 is 11.1 Å². The van der Waals surface area contributed by atoms with Crippen LogP contribution in [0, 0.1) is 0 Å². The van der Waals surface area contributed by atoms with Gasteiger partial charge in [-0.3, -0.25) is 0 Å². The molecule has 0 spiro atoms. The van der Waals surface area contributed by atoms with E-state index in [1.165, 1.54) is 12.1 Å². The summed E-state index contributed by atoms with van der Waals surface area (Å²) in [4.78, 5) is 0. The number of anilines is 1. The highest BCUT2D eigenvalue weighted by atomic mass is 79.9. The van der Waals surface area contributed by atoms with E-state index in [-0.39, 0.29) is 5.69 Å². The minimum absolute atomic E-state index is 0.0543. The summed E-state index contributed by atoms with van der Waals surface area (Å²) < 4.78 is 39.2. The molecule has 6 heteroatoms. The quantitative estimate of drug-likeness (QED) is 0.835. The molecule has 3 N–H and O–H groups in total. The minimum Gasteiger partial charge on any atom is -0.383 e. The van der Waals surface area contributed by atoms with E-state index in [2.05, 4.69) is 21.2 Å². The first kappa shape index (κ1) is 16.3. The average Bonchev–Trinajstić information content (AvgIpc) is 2.34. The highest BCUT2D eigenvalue weighted by Gasteiger charge is 2.34. The predicted octanol–water partition coefficient (Wildman–Crippen LogP) is 4.40. The third-order valence-corrected chi connectivity index (χ3v) is 3.82. The maximum atomic E-state index is 12.9. The molecule has 0 heterocycles. The zero-order chi connectivity index (χ0) is 14.7. The molecule has 0 amide bonds. The third kappa shape index (κ3) is 4.38. The average molecular weight is 339 g/mol. The van der Waals surface area contributed by atoms with Gasteiger partial charge in [0.2, 0.25) is 0 Å². The van der Waals surface area contributed by atoms with Crippen LogP contribution in [-0.2, 0) is 6.18 Å². The van der Waals surface area contributed by atoms with E-state index in [1.807, 2.05) is 13.8 Å². The Labute approximate surface area is 119 Å². The summed E-state index contributed by atoms with van der Waals surface area (Å²) in [5, 5.41) is 2.83. The van der Waals surface area contributed by atoms with Crippen molar-refractivity contribution in [3.63, 3.8) is 0 Å². The van der Waals surface area contributed by atoms with E-state index in [0.717, 1.165) is 6.07 Å². The summed E-state index contributed by atoms with van der Waals surface area (Å²) in [5.74, 6) is 0. The summed E-state index contributed by atoms with van der Waals surface area (Å²) in [6, 6.07) is 3.86. The standard InChI is InChI=1S/C13H18BrF3N2/c1-3-12(18,4-2)8-19-11-7-9(14)5-6-10(11)13(15,16)17/h5-7,19H,3-4,8,18H2,1-2H3. The van der Waals surface area contributed by atoms with Crippen molar-refractivity contribution in [2.75, 3.05) is 11.9 Å². The SMILES string of the molecule is CCC(N)(CC)CNc1cc(Br)ccc1C(F)(F)F.